The van der Waals surface area contributed by atoms with E-state index in [1.165, 1.54) is 37.7 Å². The maximum Gasteiger partial charge on any atom is 0.119 e. The van der Waals surface area contributed by atoms with Crippen molar-refractivity contribution in [2.45, 2.75) is 51.6 Å². The molecule has 1 rings (SSSR count). The minimum Gasteiger partial charge on any atom is -0.491 e. The Morgan fingerprint density at radius 1 is 1.05 bits per heavy atom. The number of hydrogen-bond donors (Lipinski definition) is 2. The van der Waals surface area contributed by atoms with Gasteiger partial charge in [0.15, 0.2) is 0 Å². The lowest BCUT2D eigenvalue weighted by Gasteiger charge is -2.10. The zero-order chi connectivity index (χ0) is 13.9. The third-order valence-corrected chi connectivity index (χ3v) is 3.15. The molecule has 1 aromatic carbocycles. The Bertz CT molecular complexity index is 321. The number of aliphatic hydroxyl groups is 2. The minimum absolute atomic E-state index is 0.132. The van der Waals surface area contributed by atoms with Crippen molar-refractivity contribution in [2.75, 3.05) is 13.2 Å². The quantitative estimate of drug-likeness (QED) is 0.640. The van der Waals surface area contributed by atoms with Crippen LogP contribution in [-0.4, -0.2) is 29.5 Å². The number of benzene rings is 1. The van der Waals surface area contributed by atoms with Gasteiger partial charge in [-0.1, -0.05) is 44.7 Å². The number of aryl methyl sites for hydroxylation is 1. The van der Waals surface area contributed by atoms with Crippen LogP contribution in [0.5, 0.6) is 5.75 Å². The van der Waals surface area contributed by atoms with E-state index in [2.05, 4.69) is 19.1 Å². The van der Waals surface area contributed by atoms with E-state index in [0.717, 1.165) is 12.2 Å². The fourth-order valence-corrected chi connectivity index (χ4v) is 1.93. The summed E-state index contributed by atoms with van der Waals surface area (Å²) in [7, 11) is 0. The fourth-order valence-electron chi connectivity index (χ4n) is 1.93. The third kappa shape index (κ3) is 7.19. The molecule has 0 aliphatic rings. The maximum absolute atomic E-state index is 9.19. The standard InChI is InChI=1S/C16H26O3/c1-2-3-4-5-6-7-14-8-10-16(11-9-14)19-13-15(18)12-17/h8-11,15,17-18H,2-7,12-13H2,1H3/t15-/m0/s1. The van der Waals surface area contributed by atoms with Crippen LogP contribution >= 0.6 is 0 Å². The van der Waals surface area contributed by atoms with Gasteiger partial charge in [-0.05, 0) is 30.5 Å². The molecule has 0 spiro atoms. The summed E-state index contributed by atoms with van der Waals surface area (Å²) in [5, 5.41) is 17.9. The summed E-state index contributed by atoms with van der Waals surface area (Å²) >= 11 is 0. The van der Waals surface area contributed by atoms with Crippen LogP contribution in [0, 0.1) is 0 Å². The molecule has 0 aliphatic carbocycles. The SMILES string of the molecule is CCCCCCCc1ccc(OC[C@@H](O)CO)cc1. The van der Waals surface area contributed by atoms with E-state index in [-0.39, 0.29) is 13.2 Å². The Morgan fingerprint density at radius 3 is 2.37 bits per heavy atom. The smallest absolute Gasteiger partial charge is 0.119 e. The highest BCUT2D eigenvalue weighted by Crippen LogP contribution is 2.15. The van der Waals surface area contributed by atoms with Crippen molar-refractivity contribution in [2.24, 2.45) is 0 Å². The summed E-state index contributed by atoms with van der Waals surface area (Å²) in [6, 6.07) is 7.98. The van der Waals surface area contributed by atoms with Crippen molar-refractivity contribution in [3.8, 4) is 5.75 Å². The van der Waals surface area contributed by atoms with Gasteiger partial charge in [-0.25, -0.2) is 0 Å². The van der Waals surface area contributed by atoms with Crippen molar-refractivity contribution >= 4 is 0 Å². The van der Waals surface area contributed by atoms with E-state index in [1.54, 1.807) is 0 Å². The summed E-state index contributed by atoms with van der Waals surface area (Å²) in [4.78, 5) is 0. The average molecular weight is 266 g/mol. The van der Waals surface area contributed by atoms with E-state index in [0.29, 0.717) is 0 Å². The molecule has 3 nitrogen and oxygen atoms in total. The Kier molecular flexibility index (Phi) is 8.26. The summed E-state index contributed by atoms with van der Waals surface area (Å²) in [6.45, 7) is 2.09. The first-order chi connectivity index (χ1) is 9.26. The van der Waals surface area contributed by atoms with Crippen LogP contribution in [0.2, 0.25) is 0 Å². The van der Waals surface area contributed by atoms with Crippen molar-refractivity contribution in [3.63, 3.8) is 0 Å². The molecule has 0 heterocycles. The zero-order valence-electron chi connectivity index (χ0n) is 11.8. The molecule has 1 aromatic rings. The molecule has 0 bridgehead atoms. The predicted molar refractivity (Wildman–Crippen MR) is 77.5 cm³/mol. The van der Waals surface area contributed by atoms with Crippen LogP contribution in [0.25, 0.3) is 0 Å². The van der Waals surface area contributed by atoms with Crippen LogP contribution in [0.15, 0.2) is 24.3 Å². The molecule has 0 aromatic heterocycles. The van der Waals surface area contributed by atoms with E-state index < -0.39 is 6.10 Å². The Balaban J connectivity index is 2.23. The lowest BCUT2D eigenvalue weighted by Crippen LogP contribution is -2.21. The van der Waals surface area contributed by atoms with Crippen molar-refractivity contribution in [3.05, 3.63) is 29.8 Å². The molecule has 0 aliphatic heterocycles. The number of hydrogen-bond acceptors (Lipinski definition) is 3. The van der Waals surface area contributed by atoms with Gasteiger partial charge in [0.05, 0.1) is 6.61 Å². The average Bonchev–Trinajstić information content (AvgIpc) is 2.45. The lowest BCUT2D eigenvalue weighted by molar-refractivity contribution is 0.0536. The number of unbranched alkanes of at least 4 members (excludes halogenated alkanes) is 4. The zero-order valence-corrected chi connectivity index (χ0v) is 11.8. The molecule has 0 fully saturated rings. The fraction of sp³-hybridized carbons (Fsp3) is 0.625. The first-order valence-electron chi connectivity index (χ1n) is 7.27. The second-order valence-electron chi connectivity index (χ2n) is 4.96. The molecule has 0 amide bonds. The second-order valence-corrected chi connectivity index (χ2v) is 4.96. The van der Waals surface area contributed by atoms with Gasteiger partial charge < -0.3 is 14.9 Å². The molecule has 3 heteroatoms. The highest BCUT2D eigenvalue weighted by atomic mass is 16.5. The van der Waals surface area contributed by atoms with Crippen molar-refractivity contribution in [1.29, 1.82) is 0 Å². The van der Waals surface area contributed by atoms with Gasteiger partial charge in [-0.2, -0.15) is 0 Å². The molecule has 0 unspecified atom stereocenters. The Hall–Kier alpha value is -1.06. The van der Waals surface area contributed by atoms with Gasteiger partial charge >= 0.3 is 0 Å². The minimum atomic E-state index is -0.807. The lowest BCUT2D eigenvalue weighted by atomic mass is 10.1. The molecule has 19 heavy (non-hydrogen) atoms. The highest BCUT2D eigenvalue weighted by molar-refractivity contribution is 5.27. The van der Waals surface area contributed by atoms with Gasteiger partial charge in [-0.3, -0.25) is 0 Å². The summed E-state index contributed by atoms with van der Waals surface area (Å²) in [6.07, 6.45) is 6.79. The molecule has 0 radical (unpaired) electrons. The molecule has 0 saturated carbocycles. The van der Waals surface area contributed by atoms with Crippen molar-refractivity contribution in [1.82, 2.24) is 0 Å². The number of ether oxygens (including phenoxy) is 1. The first kappa shape index (κ1) is 16.0. The monoisotopic (exact) mass is 266 g/mol. The molecular weight excluding hydrogens is 240 g/mol. The largest absolute Gasteiger partial charge is 0.491 e. The molecule has 108 valence electrons. The van der Waals surface area contributed by atoms with Crippen LogP contribution in [0.3, 0.4) is 0 Å². The molecule has 1 atom stereocenters. The van der Waals surface area contributed by atoms with E-state index in [9.17, 15) is 5.11 Å². The van der Waals surface area contributed by atoms with Gasteiger partial charge in [0.1, 0.15) is 18.5 Å². The van der Waals surface area contributed by atoms with Gasteiger partial charge in [0.25, 0.3) is 0 Å². The number of aliphatic hydroxyl groups excluding tert-OH is 2. The molecular formula is C16H26O3. The maximum atomic E-state index is 9.19. The Morgan fingerprint density at radius 2 is 1.74 bits per heavy atom. The first-order valence-corrected chi connectivity index (χ1v) is 7.27. The van der Waals surface area contributed by atoms with Crippen molar-refractivity contribution < 1.29 is 14.9 Å². The van der Waals surface area contributed by atoms with Gasteiger partial charge in [0, 0.05) is 0 Å². The van der Waals surface area contributed by atoms with Crippen LogP contribution in [0.4, 0.5) is 0 Å². The summed E-state index contributed by atoms with van der Waals surface area (Å²) < 4.78 is 5.36. The second kappa shape index (κ2) is 9.82. The summed E-state index contributed by atoms with van der Waals surface area (Å²) in [5.41, 5.74) is 1.33. The Labute approximate surface area is 116 Å². The van der Waals surface area contributed by atoms with E-state index >= 15 is 0 Å². The predicted octanol–water partition coefficient (Wildman–Crippen LogP) is 2.93. The number of rotatable bonds is 10. The summed E-state index contributed by atoms with van der Waals surface area (Å²) in [5.74, 6) is 0.738. The molecule has 2 N–H and O–H groups in total. The topological polar surface area (TPSA) is 49.7 Å². The van der Waals surface area contributed by atoms with Gasteiger partial charge in [-0.15, -0.1) is 0 Å². The van der Waals surface area contributed by atoms with Crippen LogP contribution in [0.1, 0.15) is 44.6 Å². The normalized spacial score (nSPS) is 12.4. The van der Waals surface area contributed by atoms with Crippen LogP contribution in [-0.2, 0) is 6.42 Å². The molecule has 0 saturated heterocycles. The van der Waals surface area contributed by atoms with Gasteiger partial charge in [0.2, 0.25) is 0 Å². The van der Waals surface area contributed by atoms with Crippen LogP contribution < -0.4 is 4.74 Å². The highest BCUT2D eigenvalue weighted by Gasteiger charge is 2.02. The third-order valence-electron chi connectivity index (χ3n) is 3.15. The van der Waals surface area contributed by atoms with E-state index in [1.807, 2.05) is 12.1 Å². The van der Waals surface area contributed by atoms with E-state index in [4.69, 9.17) is 9.84 Å².